The van der Waals surface area contributed by atoms with Gasteiger partial charge in [-0.15, -0.1) is 0 Å². The molecule has 3 rings (SSSR count). The number of hydrogen-bond donors (Lipinski definition) is 1. The summed E-state index contributed by atoms with van der Waals surface area (Å²) < 4.78 is 1.59. The van der Waals surface area contributed by atoms with Crippen LogP contribution in [0, 0.1) is 0 Å². The van der Waals surface area contributed by atoms with E-state index < -0.39 is 0 Å². The van der Waals surface area contributed by atoms with Crippen LogP contribution in [0.5, 0.6) is 0 Å². The summed E-state index contributed by atoms with van der Waals surface area (Å²) >= 11 is 6.28. The minimum atomic E-state index is -0.0588. The van der Waals surface area contributed by atoms with Crippen molar-refractivity contribution < 1.29 is 4.79 Å². The minimum absolute atomic E-state index is 0.0588. The Balaban J connectivity index is 1.67. The number of likely N-dealkylation sites (tertiary alicyclic amines) is 1. The summed E-state index contributed by atoms with van der Waals surface area (Å²) in [5, 5.41) is 7.50. The highest BCUT2D eigenvalue weighted by Crippen LogP contribution is 2.24. The van der Waals surface area contributed by atoms with E-state index in [-0.39, 0.29) is 6.03 Å². The molecule has 1 aliphatic heterocycles. The van der Waals surface area contributed by atoms with Crippen LogP contribution in [0.4, 0.5) is 10.5 Å². The zero-order valence-electron chi connectivity index (χ0n) is 12.9. The fraction of sp³-hybridized carbons (Fsp3) is 0.438. The Morgan fingerprint density at radius 2 is 1.87 bits per heavy atom. The van der Waals surface area contributed by atoms with Crippen molar-refractivity contribution in [2.45, 2.75) is 32.1 Å². The summed E-state index contributed by atoms with van der Waals surface area (Å²) in [5.74, 6) is 0. The van der Waals surface area contributed by atoms with Gasteiger partial charge in [-0.05, 0) is 31.0 Å². The predicted octanol–water partition coefficient (Wildman–Crippen LogP) is 3.72. The van der Waals surface area contributed by atoms with Gasteiger partial charge < -0.3 is 10.2 Å². The number of aromatic nitrogens is 3. The Labute approximate surface area is 140 Å². The van der Waals surface area contributed by atoms with Gasteiger partial charge in [0.15, 0.2) is 0 Å². The molecule has 1 aliphatic rings. The number of rotatable bonds is 2. The van der Waals surface area contributed by atoms with Crippen molar-refractivity contribution in [2.75, 3.05) is 18.4 Å². The van der Waals surface area contributed by atoms with Crippen molar-refractivity contribution in [3.63, 3.8) is 0 Å². The van der Waals surface area contributed by atoms with E-state index in [9.17, 15) is 4.79 Å². The molecule has 23 heavy (non-hydrogen) atoms. The van der Waals surface area contributed by atoms with E-state index in [1.165, 1.54) is 25.6 Å². The number of anilines is 1. The summed E-state index contributed by atoms with van der Waals surface area (Å²) in [7, 11) is 0. The first-order chi connectivity index (χ1) is 11.2. The molecule has 0 saturated carbocycles. The van der Waals surface area contributed by atoms with Gasteiger partial charge in [0.2, 0.25) is 0 Å². The lowest BCUT2D eigenvalue weighted by Gasteiger charge is -2.25. The first kappa shape index (κ1) is 15.8. The topological polar surface area (TPSA) is 63.1 Å². The number of hydrogen-bond acceptors (Lipinski definition) is 3. The molecular weight excluding hydrogens is 314 g/mol. The molecule has 1 fully saturated rings. The molecule has 0 atom stereocenters. The van der Waals surface area contributed by atoms with Crippen molar-refractivity contribution in [2.24, 2.45) is 0 Å². The molecule has 6 nitrogen and oxygen atoms in total. The standard InChI is InChI=1S/C16H20ClN5O/c17-14-10-13(6-7-15(14)22-12-18-11-19-22)20-16(23)21-8-4-2-1-3-5-9-21/h6-7,10-12H,1-5,8-9H2,(H,20,23). The third-order valence-corrected chi connectivity index (χ3v) is 4.31. The molecule has 0 unspecified atom stereocenters. The summed E-state index contributed by atoms with van der Waals surface area (Å²) in [6, 6.07) is 5.32. The first-order valence-corrected chi connectivity index (χ1v) is 8.32. The van der Waals surface area contributed by atoms with Crippen LogP contribution in [0.15, 0.2) is 30.9 Å². The number of halogens is 1. The van der Waals surface area contributed by atoms with Gasteiger partial charge in [-0.1, -0.05) is 30.9 Å². The summed E-state index contributed by atoms with van der Waals surface area (Å²) in [6.45, 7) is 1.63. The molecule has 2 aromatic rings. The highest BCUT2D eigenvalue weighted by molar-refractivity contribution is 6.32. The number of benzene rings is 1. The lowest BCUT2D eigenvalue weighted by molar-refractivity contribution is 0.206. The van der Waals surface area contributed by atoms with Crippen molar-refractivity contribution >= 4 is 23.3 Å². The van der Waals surface area contributed by atoms with Crippen molar-refractivity contribution in [1.82, 2.24) is 19.7 Å². The van der Waals surface area contributed by atoms with Crippen LogP contribution in [0.1, 0.15) is 32.1 Å². The number of nitrogens with zero attached hydrogens (tertiary/aromatic N) is 4. The Hall–Kier alpha value is -2.08. The smallest absolute Gasteiger partial charge is 0.321 e. The Morgan fingerprint density at radius 3 is 2.52 bits per heavy atom. The van der Waals surface area contributed by atoms with Gasteiger partial charge in [0.25, 0.3) is 0 Å². The largest absolute Gasteiger partial charge is 0.325 e. The lowest BCUT2D eigenvalue weighted by atomic mass is 10.1. The second-order valence-corrected chi connectivity index (χ2v) is 6.10. The van der Waals surface area contributed by atoms with E-state index in [1.54, 1.807) is 17.1 Å². The number of urea groups is 1. The number of carbonyl (C=O) groups excluding carboxylic acids is 1. The monoisotopic (exact) mass is 333 g/mol. The van der Waals surface area contributed by atoms with E-state index in [0.717, 1.165) is 31.6 Å². The average molecular weight is 334 g/mol. The van der Waals surface area contributed by atoms with Crippen LogP contribution in [0.3, 0.4) is 0 Å². The minimum Gasteiger partial charge on any atom is -0.325 e. The number of carbonyl (C=O) groups is 1. The Bertz CT molecular complexity index is 650. The molecule has 1 saturated heterocycles. The van der Waals surface area contributed by atoms with E-state index >= 15 is 0 Å². The third kappa shape index (κ3) is 4.01. The first-order valence-electron chi connectivity index (χ1n) is 7.94. The maximum Gasteiger partial charge on any atom is 0.321 e. The molecule has 2 amide bonds. The van der Waals surface area contributed by atoms with Crippen LogP contribution < -0.4 is 5.32 Å². The van der Waals surface area contributed by atoms with Gasteiger partial charge >= 0.3 is 6.03 Å². The average Bonchev–Trinajstić information content (AvgIpc) is 3.00. The maximum atomic E-state index is 12.4. The fourth-order valence-electron chi connectivity index (χ4n) is 2.76. The number of nitrogens with one attached hydrogen (secondary N) is 1. The zero-order chi connectivity index (χ0) is 16.1. The summed E-state index contributed by atoms with van der Waals surface area (Å²) in [5.41, 5.74) is 1.42. The predicted molar refractivity (Wildman–Crippen MR) is 90.0 cm³/mol. The van der Waals surface area contributed by atoms with Crippen LogP contribution >= 0.6 is 11.6 Å². The van der Waals surface area contributed by atoms with Crippen LogP contribution in [0.25, 0.3) is 5.69 Å². The molecule has 0 spiro atoms. The molecule has 1 aromatic carbocycles. The second kappa shape index (κ2) is 7.46. The van der Waals surface area contributed by atoms with Crippen molar-refractivity contribution in [3.05, 3.63) is 35.9 Å². The highest BCUT2D eigenvalue weighted by atomic mass is 35.5. The molecular formula is C16H20ClN5O. The van der Waals surface area contributed by atoms with E-state index in [0.29, 0.717) is 10.7 Å². The summed E-state index contributed by atoms with van der Waals surface area (Å²) in [6.07, 6.45) is 8.84. The lowest BCUT2D eigenvalue weighted by Crippen LogP contribution is -2.37. The molecule has 1 N–H and O–H groups in total. The van der Waals surface area contributed by atoms with E-state index in [2.05, 4.69) is 15.4 Å². The second-order valence-electron chi connectivity index (χ2n) is 5.69. The number of amides is 2. The molecule has 2 heterocycles. The van der Waals surface area contributed by atoms with Gasteiger partial charge in [-0.2, -0.15) is 5.10 Å². The van der Waals surface area contributed by atoms with Gasteiger partial charge in [0.05, 0.1) is 10.7 Å². The molecule has 122 valence electrons. The highest BCUT2D eigenvalue weighted by Gasteiger charge is 2.15. The molecule has 0 aliphatic carbocycles. The summed E-state index contributed by atoms with van der Waals surface area (Å²) in [4.78, 5) is 18.2. The molecule has 7 heteroatoms. The van der Waals surface area contributed by atoms with Crippen LogP contribution in [0.2, 0.25) is 5.02 Å². The zero-order valence-corrected chi connectivity index (χ0v) is 13.7. The quantitative estimate of drug-likeness (QED) is 0.911. The van der Waals surface area contributed by atoms with Crippen LogP contribution in [-0.4, -0.2) is 38.8 Å². The third-order valence-electron chi connectivity index (χ3n) is 4.01. The van der Waals surface area contributed by atoms with Gasteiger partial charge in [-0.3, -0.25) is 0 Å². The molecule has 1 aromatic heterocycles. The SMILES string of the molecule is O=C(Nc1ccc(-n2cncn2)c(Cl)c1)N1CCCCCCC1. The van der Waals surface area contributed by atoms with Crippen LogP contribution in [-0.2, 0) is 0 Å². The Morgan fingerprint density at radius 1 is 1.13 bits per heavy atom. The normalized spacial score (nSPS) is 15.8. The van der Waals surface area contributed by atoms with E-state index in [4.69, 9.17) is 11.6 Å². The van der Waals surface area contributed by atoms with Crippen molar-refractivity contribution in [1.29, 1.82) is 0 Å². The molecule has 0 bridgehead atoms. The fourth-order valence-corrected chi connectivity index (χ4v) is 3.02. The van der Waals surface area contributed by atoms with Crippen molar-refractivity contribution in [3.8, 4) is 5.69 Å². The molecule has 0 radical (unpaired) electrons. The van der Waals surface area contributed by atoms with Gasteiger partial charge in [-0.25, -0.2) is 14.5 Å². The maximum absolute atomic E-state index is 12.4. The van der Waals surface area contributed by atoms with E-state index in [1.807, 2.05) is 17.0 Å². The van der Waals surface area contributed by atoms with Gasteiger partial charge in [0.1, 0.15) is 12.7 Å². The Kier molecular flexibility index (Phi) is 5.12. The van der Waals surface area contributed by atoms with Gasteiger partial charge in [0, 0.05) is 18.8 Å².